The van der Waals surface area contributed by atoms with Crippen molar-refractivity contribution in [3.63, 3.8) is 0 Å². The van der Waals surface area contributed by atoms with Crippen LogP contribution >= 0.6 is 0 Å². The Hall–Kier alpha value is -2.96. The van der Waals surface area contributed by atoms with Crippen molar-refractivity contribution in [2.24, 2.45) is 0 Å². The Kier molecular flexibility index (Phi) is 5.83. The molecule has 0 aliphatic carbocycles. The number of carbonyl (C=O) groups excluding carboxylic acids is 2. The lowest BCUT2D eigenvalue weighted by molar-refractivity contribution is -0.116. The van der Waals surface area contributed by atoms with Crippen molar-refractivity contribution in [1.29, 1.82) is 0 Å². The van der Waals surface area contributed by atoms with Crippen LogP contribution in [0.5, 0.6) is 0 Å². The summed E-state index contributed by atoms with van der Waals surface area (Å²) in [7, 11) is 1.29. The van der Waals surface area contributed by atoms with E-state index < -0.39 is 29.2 Å². The molecule has 1 amide bonds. The maximum absolute atomic E-state index is 13.4. The predicted molar refractivity (Wildman–Crippen MR) is 85.9 cm³/mol. The molecule has 0 atom stereocenters. The second-order valence-electron chi connectivity index (χ2n) is 4.89. The van der Waals surface area contributed by atoms with E-state index in [0.29, 0.717) is 11.3 Å². The maximum atomic E-state index is 13.4. The highest BCUT2D eigenvalue weighted by atomic mass is 19.1. The highest BCUT2D eigenvalue weighted by molar-refractivity contribution is 5.91. The molecule has 0 radical (unpaired) electrons. The van der Waals surface area contributed by atoms with Crippen molar-refractivity contribution in [3.05, 3.63) is 59.7 Å². The predicted octanol–water partition coefficient (Wildman–Crippen LogP) is 3.19. The number of ether oxygens (including phenoxy) is 1. The first kappa shape index (κ1) is 17.4. The van der Waals surface area contributed by atoms with Crippen LogP contribution in [-0.2, 0) is 9.53 Å². The lowest BCUT2D eigenvalue weighted by Crippen LogP contribution is -2.18. The van der Waals surface area contributed by atoms with E-state index in [1.54, 1.807) is 24.3 Å². The Morgan fingerprint density at radius 2 is 1.75 bits per heavy atom. The van der Waals surface area contributed by atoms with Gasteiger partial charge in [-0.3, -0.25) is 4.79 Å². The normalized spacial score (nSPS) is 10.1. The number of methoxy groups -OCH3 is 1. The SMILES string of the molecule is COC(=O)c1cccc(NCCC(=O)Nc2c(F)cccc2F)c1. The number of halogens is 2. The van der Waals surface area contributed by atoms with Gasteiger partial charge in [-0.1, -0.05) is 12.1 Å². The molecule has 2 rings (SSSR count). The van der Waals surface area contributed by atoms with Gasteiger partial charge in [0.25, 0.3) is 0 Å². The number of esters is 1. The lowest BCUT2D eigenvalue weighted by Gasteiger charge is -2.09. The van der Waals surface area contributed by atoms with Gasteiger partial charge in [-0.25, -0.2) is 13.6 Å². The zero-order valence-electron chi connectivity index (χ0n) is 12.9. The first-order chi connectivity index (χ1) is 11.5. The van der Waals surface area contributed by atoms with Gasteiger partial charge in [0.05, 0.1) is 12.7 Å². The van der Waals surface area contributed by atoms with Gasteiger partial charge < -0.3 is 15.4 Å². The quantitative estimate of drug-likeness (QED) is 0.796. The van der Waals surface area contributed by atoms with E-state index in [2.05, 4.69) is 15.4 Å². The Morgan fingerprint density at radius 1 is 1.08 bits per heavy atom. The number of anilines is 2. The van der Waals surface area contributed by atoms with Crippen LogP contribution in [0.1, 0.15) is 16.8 Å². The highest BCUT2D eigenvalue weighted by Gasteiger charge is 2.11. The summed E-state index contributed by atoms with van der Waals surface area (Å²) >= 11 is 0. The van der Waals surface area contributed by atoms with Gasteiger partial charge in [-0.05, 0) is 30.3 Å². The summed E-state index contributed by atoms with van der Waals surface area (Å²) in [6, 6.07) is 9.93. The third-order valence-corrected chi connectivity index (χ3v) is 3.19. The summed E-state index contributed by atoms with van der Waals surface area (Å²) in [5.41, 5.74) is 0.540. The second-order valence-corrected chi connectivity index (χ2v) is 4.89. The molecule has 0 fully saturated rings. The van der Waals surface area contributed by atoms with Gasteiger partial charge in [-0.2, -0.15) is 0 Å². The molecule has 0 aromatic heterocycles. The van der Waals surface area contributed by atoms with Crippen LogP contribution in [0.25, 0.3) is 0 Å². The van der Waals surface area contributed by atoms with E-state index in [9.17, 15) is 18.4 Å². The highest BCUT2D eigenvalue weighted by Crippen LogP contribution is 2.18. The fourth-order valence-electron chi connectivity index (χ4n) is 2.01. The summed E-state index contributed by atoms with van der Waals surface area (Å²) in [5.74, 6) is -2.66. The molecule has 0 saturated carbocycles. The molecule has 0 bridgehead atoms. The second kappa shape index (κ2) is 8.05. The van der Waals surface area contributed by atoms with Crippen molar-refractivity contribution in [2.75, 3.05) is 24.3 Å². The standard InChI is InChI=1S/C17H16F2N2O3/c1-24-17(23)11-4-2-5-12(10-11)20-9-8-15(22)21-16-13(18)6-3-7-14(16)19/h2-7,10,20H,8-9H2,1H3,(H,21,22). The zero-order valence-corrected chi connectivity index (χ0v) is 12.9. The molecule has 24 heavy (non-hydrogen) atoms. The molecule has 0 unspecified atom stereocenters. The Labute approximate surface area is 137 Å². The zero-order chi connectivity index (χ0) is 17.5. The third-order valence-electron chi connectivity index (χ3n) is 3.19. The molecule has 0 heterocycles. The van der Waals surface area contributed by atoms with E-state index in [-0.39, 0.29) is 13.0 Å². The smallest absolute Gasteiger partial charge is 0.337 e. The summed E-state index contributed by atoms with van der Waals surface area (Å²) in [5, 5.41) is 5.15. The molecule has 0 spiro atoms. The molecule has 0 aliphatic heterocycles. The minimum atomic E-state index is -0.831. The Morgan fingerprint density at radius 3 is 2.42 bits per heavy atom. The number of para-hydroxylation sites is 1. The number of amides is 1. The first-order valence-electron chi connectivity index (χ1n) is 7.17. The molecular formula is C17H16F2N2O3. The largest absolute Gasteiger partial charge is 0.465 e. The van der Waals surface area contributed by atoms with Crippen LogP contribution in [-0.4, -0.2) is 25.5 Å². The summed E-state index contributed by atoms with van der Waals surface area (Å²) in [6.45, 7) is 0.229. The van der Waals surface area contributed by atoms with Gasteiger partial charge >= 0.3 is 5.97 Å². The average molecular weight is 334 g/mol. The number of hydrogen-bond acceptors (Lipinski definition) is 4. The summed E-state index contributed by atoms with van der Waals surface area (Å²) in [4.78, 5) is 23.2. The molecule has 2 N–H and O–H groups in total. The average Bonchev–Trinajstić information content (AvgIpc) is 2.58. The Balaban J connectivity index is 1.88. The topological polar surface area (TPSA) is 67.4 Å². The monoisotopic (exact) mass is 334 g/mol. The molecule has 2 aromatic carbocycles. The maximum Gasteiger partial charge on any atom is 0.337 e. The number of nitrogens with one attached hydrogen (secondary N) is 2. The number of hydrogen-bond donors (Lipinski definition) is 2. The van der Waals surface area contributed by atoms with Gasteiger partial charge in [0, 0.05) is 18.7 Å². The van der Waals surface area contributed by atoms with E-state index >= 15 is 0 Å². The van der Waals surface area contributed by atoms with Crippen LogP contribution < -0.4 is 10.6 Å². The minimum absolute atomic E-state index is 0.00374. The minimum Gasteiger partial charge on any atom is -0.465 e. The van der Waals surface area contributed by atoms with Crippen LogP contribution in [0.3, 0.4) is 0 Å². The molecular weight excluding hydrogens is 318 g/mol. The van der Waals surface area contributed by atoms with Crippen LogP contribution in [0, 0.1) is 11.6 Å². The molecule has 2 aromatic rings. The molecule has 0 saturated heterocycles. The van der Waals surface area contributed by atoms with E-state index in [0.717, 1.165) is 12.1 Å². The first-order valence-corrected chi connectivity index (χ1v) is 7.17. The Bertz CT molecular complexity index is 730. The number of carbonyl (C=O) groups is 2. The van der Waals surface area contributed by atoms with E-state index in [1.165, 1.54) is 13.2 Å². The van der Waals surface area contributed by atoms with Gasteiger partial charge in [0.2, 0.25) is 5.91 Å². The van der Waals surface area contributed by atoms with Gasteiger partial charge in [0.1, 0.15) is 17.3 Å². The summed E-state index contributed by atoms with van der Waals surface area (Å²) in [6.07, 6.45) is -0.00374. The van der Waals surface area contributed by atoms with Crippen LogP contribution in [0.4, 0.5) is 20.2 Å². The molecule has 5 nitrogen and oxygen atoms in total. The third kappa shape index (κ3) is 4.52. The fourth-order valence-corrected chi connectivity index (χ4v) is 2.01. The summed E-state index contributed by atoms with van der Waals surface area (Å²) < 4.78 is 31.5. The van der Waals surface area contributed by atoms with Crippen molar-refractivity contribution >= 4 is 23.3 Å². The van der Waals surface area contributed by atoms with Gasteiger partial charge in [0.15, 0.2) is 0 Å². The molecule has 7 heteroatoms. The molecule has 126 valence electrons. The van der Waals surface area contributed by atoms with Crippen molar-refractivity contribution < 1.29 is 23.1 Å². The van der Waals surface area contributed by atoms with Crippen molar-refractivity contribution in [2.45, 2.75) is 6.42 Å². The van der Waals surface area contributed by atoms with Crippen molar-refractivity contribution in [3.8, 4) is 0 Å². The lowest BCUT2D eigenvalue weighted by atomic mass is 10.2. The fraction of sp³-hybridized carbons (Fsp3) is 0.176. The van der Waals surface area contributed by atoms with Crippen LogP contribution in [0.15, 0.2) is 42.5 Å². The van der Waals surface area contributed by atoms with Crippen LogP contribution in [0.2, 0.25) is 0 Å². The van der Waals surface area contributed by atoms with E-state index in [4.69, 9.17) is 0 Å². The van der Waals surface area contributed by atoms with Crippen molar-refractivity contribution in [1.82, 2.24) is 0 Å². The van der Waals surface area contributed by atoms with E-state index in [1.807, 2.05) is 0 Å². The molecule has 0 aliphatic rings. The number of benzene rings is 2. The van der Waals surface area contributed by atoms with Gasteiger partial charge in [-0.15, -0.1) is 0 Å². The number of rotatable bonds is 6.